The molecule has 2 saturated carbocycles. The molecule has 0 spiro atoms. The first-order valence-electron chi connectivity index (χ1n) is 6.93. The second-order valence-electron chi connectivity index (χ2n) is 5.58. The van der Waals surface area contributed by atoms with Crippen LogP contribution in [0.1, 0.15) is 58.3 Å². The minimum absolute atomic E-state index is 0. The Balaban J connectivity index is 0. The van der Waals surface area contributed by atoms with Crippen molar-refractivity contribution in [1.29, 1.82) is 0 Å². The molecule has 18 heavy (non-hydrogen) atoms. The van der Waals surface area contributed by atoms with E-state index in [-0.39, 0.29) is 24.5 Å². The van der Waals surface area contributed by atoms with Gasteiger partial charge in [0, 0.05) is 27.9 Å². The molecule has 0 bridgehead atoms. The Hall–Kier alpha value is 0.959. The van der Waals surface area contributed by atoms with Gasteiger partial charge in [-0.3, -0.25) is 0 Å². The Morgan fingerprint density at radius 2 is 1.39 bits per heavy atom. The van der Waals surface area contributed by atoms with Crippen LogP contribution in [0.2, 0.25) is 0 Å². The summed E-state index contributed by atoms with van der Waals surface area (Å²) in [4.78, 5) is 3.09. The van der Waals surface area contributed by atoms with Crippen molar-refractivity contribution in [3.05, 3.63) is 7.43 Å². The molecule has 0 radical (unpaired) electrons. The summed E-state index contributed by atoms with van der Waals surface area (Å²) in [6.45, 7) is 2.32. The fourth-order valence-corrected chi connectivity index (χ4v) is 3.78. The maximum Gasteiger partial charge on any atom is 0.0188 e. The van der Waals surface area contributed by atoms with E-state index in [9.17, 15) is 0 Å². The maximum atomic E-state index is 3.75. The molecule has 3 heteroatoms. The maximum absolute atomic E-state index is 3.75. The average Bonchev–Trinajstić information content (AvgIpc) is 2.89. The van der Waals surface area contributed by atoms with Crippen LogP contribution in [0.5, 0.6) is 0 Å². The Morgan fingerprint density at radius 1 is 0.944 bits per heavy atom. The van der Waals surface area contributed by atoms with Gasteiger partial charge in [-0.15, -0.1) is 0 Å². The molecule has 3 atom stereocenters. The van der Waals surface area contributed by atoms with E-state index in [1.54, 1.807) is 0 Å². The van der Waals surface area contributed by atoms with Gasteiger partial charge in [0.1, 0.15) is 0 Å². The van der Waals surface area contributed by atoms with Crippen LogP contribution in [-0.2, 0) is 17.1 Å². The predicted molar refractivity (Wildman–Crippen MR) is 82.7 cm³/mol. The molecule has 2 aliphatic carbocycles. The molecule has 0 aromatic heterocycles. The Bertz CT molecular complexity index is 176. The first kappa shape index (κ1) is 21.3. The van der Waals surface area contributed by atoms with Gasteiger partial charge in [-0.25, -0.2) is 0 Å². The summed E-state index contributed by atoms with van der Waals surface area (Å²) >= 11 is 3.75. The molecule has 2 rings (SSSR count). The van der Waals surface area contributed by atoms with Crippen molar-refractivity contribution in [2.45, 2.75) is 69.2 Å². The quantitative estimate of drug-likeness (QED) is 0.384. The number of nitrogens with zero attached hydrogens (tertiary/aromatic N) is 1. The number of rotatable bonds is 2. The van der Waals surface area contributed by atoms with E-state index in [0.29, 0.717) is 0 Å². The second-order valence-corrected chi connectivity index (χ2v) is 6.76. The molecule has 2 unspecified atom stereocenters. The number of halogens is 1. The topological polar surface area (TPSA) is 3.24 Å². The molecule has 2 fully saturated rings. The second kappa shape index (κ2) is 11.8. The molecule has 112 valence electrons. The summed E-state index contributed by atoms with van der Waals surface area (Å²) in [6, 6.07) is 0.724. The standard InChI is InChI=1S/C9H18BrN.C5H10.CH3.Fe/c1-7(11(2)3)8-5-4-6-9(8)10;1-2-4-5-3-1;;/h7-9H,4-6H2,1-3H3;1-5H2;1H3;/q;;-1;/t7-,8?,9?;;;/m1.../s1. The van der Waals surface area contributed by atoms with Crippen LogP contribution in [0.4, 0.5) is 0 Å². The number of alkyl halides is 1. The van der Waals surface area contributed by atoms with E-state index < -0.39 is 0 Å². The van der Waals surface area contributed by atoms with Crippen molar-refractivity contribution in [3.8, 4) is 0 Å². The van der Waals surface area contributed by atoms with Crippen LogP contribution in [0, 0.1) is 13.3 Å². The van der Waals surface area contributed by atoms with Gasteiger partial charge < -0.3 is 12.3 Å². The van der Waals surface area contributed by atoms with Crippen molar-refractivity contribution >= 4 is 15.9 Å². The summed E-state index contributed by atoms with van der Waals surface area (Å²) in [5.74, 6) is 0.866. The van der Waals surface area contributed by atoms with E-state index in [0.717, 1.165) is 16.8 Å². The van der Waals surface area contributed by atoms with Crippen molar-refractivity contribution in [3.63, 3.8) is 0 Å². The molecule has 0 aromatic carbocycles. The monoisotopic (exact) mass is 360 g/mol. The SMILES string of the molecule is C1CCCC1.C[C@H](C1CCCC1Br)N(C)C.[CH3-].[Fe]. The molecule has 0 amide bonds. The zero-order valence-corrected chi connectivity index (χ0v) is 15.3. The zero-order chi connectivity index (χ0) is 12.0. The van der Waals surface area contributed by atoms with E-state index in [1.165, 1.54) is 51.4 Å². The van der Waals surface area contributed by atoms with Gasteiger partial charge in [0.15, 0.2) is 0 Å². The smallest absolute Gasteiger partial charge is 0.0188 e. The molecule has 0 heterocycles. The third-order valence-corrected chi connectivity index (χ3v) is 5.30. The fraction of sp³-hybridized carbons (Fsp3) is 0.933. The molecule has 2 aliphatic rings. The molecule has 1 nitrogen and oxygen atoms in total. The van der Waals surface area contributed by atoms with E-state index >= 15 is 0 Å². The van der Waals surface area contributed by atoms with Gasteiger partial charge in [-0.1, -0.05) is 54.5 Å². The Morgan fingerprint density at radius 3 is 1.67 bits per heavy atom. The first-order valence-corrected chi connectivity index (χ1v) is 7.85. The predicted octanol–water partition coefficient (Wildman–Crippen LogP) is 4.90. The van der Waals surface area contributed by atoms with Crippen molar-refractivity contribution in [2.75, 3.05) is 14.1 Å². The Labute approximate surface area is 134 Å². The molecular formula is C15H31BrFeN-. The summed E-state index contributed by atoms with van der Waals surface area (Å²) in [7, 11) is 4.34. The zero-order valence-electron chi connectivity index (χ0n) is 12.6. The third-order valence-electron chi connectivity index (χ3n) is 4.17. The van der Waals surface area contributed by atoms with Gasteiger partial charge in [0.25, 0.3) is 0 Å². The summed E-state index contributed by atoms with van der Waals surface area (Å²) < 4.78 is 0. The molecule has 0 saturated heterocycles. The van der Waals surface area contributed by atoms with Crippen LogP contribution in [0.15, 0.2) is 0 Å². The minimum Gasteiger partial charge on any atom is -0.358 e. The van der Waals surface area contributed by atoms with Crippen LogP contribution in [-0.4, -0.2) is 29.9 Å². The van der Waals surface area contributed by atoms with Crippen molar-refractivity contribution in [2.24, 2.45) is 5.92 Å². The fourth-order valence-electron chi connectivity index (χ4n) is 2.75. The van der Waals surface area contributed by atoms with Crippen LogP contribution in [0.3, 0.4) is 0 Å². The van der Waals surface area contributed by atoms with Gasteiger partial charge in [-0.05, 0) is 39.8 Å². The van der Waals surface area contributed by atoms with E-state index in [1.807, 2.05) is 0 Å². The number of hydrogen-bond donors (Lipinski definition) is 0. The minimum atomic E-state index is 0. The first-order chi connectivity index (χ1) is 7.63. The van der Waals surface area contributed by atoms with Crippen molar-refractivity contribution in [1.82, 2.24) is 4.90 Å². The summed E-state index contributed by atoms with van der Waals surface area (Å²) in [5, 5.41) is 0. The molecular weight excluding hydrogens is 330 g/mol. The number of hydrogen-bond acceptors (Lipinski definition) is 1. The van der Waals surface area contributed by atoms with Gasteiger partial charge in [0.2, 0.25) is 0 Å². The molecule has 0 aliphatic heterocycles. The van der Waals surface area contributed by atoms with Gasteiger partial charge in [0.05, 0.1) is 0 Å². The van der Waals surface area contributed by atoms with Gasteiger partial charge >= 0.3 is 0 Å². The molecule has 0 aromatic rings. The average molecular weight is 361 g/mol. The van der Waals surface area contributed by atoms with E-state index in [4.69, 9.17) is 0 Å². The van der Waals surface area contributed by atoms with E-state index in [2.05, 4.69) is 41.8 Å². The van der Waals surface area contributed by atoms with Crippen molar-refractivity contribution < 1.29 is 17.1 Å². The summed E-state index contributed by atoms with van der Waals surface area (Å²) in [6.07, 6.45) is 11.7. The van der Waals surface area contributed by atoms with Crippen LogP contribution >= 0.6 is 15.9 Å². The Kier molecular flexibility index (Phi) is 13.9. The van der Waals surface area contributed by atoms with Gasteiger partial charge in [-0.2, -0.15) is 0 Å². The third kappa shape index (κ3) is 7.52. The molecule has 0 N–H and O–H groups in total. The largest absolute Gasteiger partial charge is 0.358 e. The van der Waals surface area contributed by atoms with Crippen LogP contribution in [0.25, 0.3) is 0 Å². The normalized spacial score (nSPS) is 27.8. The van der Waals surface area contributed by atoms with Crippen LogP contribution < -0.4 is 0 Å². The summed E-state index contributed by atoms with van der Waals surface area (Å²) in [5.41, 5.74) is 0.